The number of carbonyl (C=O) groups excluding carboxylic acids is 2. The molecule has 0 radical (unpaired) electrons. The number of likely N-dealkylation sites (N-methyl/N-ethyl adjacent to an activating group) is 1. The SMILES string of the molecule is CC[C@@H](C(=O)NC)N(Cc1c(Cl)cccc1Cl)C(=O)CN(c1cccc(OC)c1)S(C)(=O)=O. The highest BCUT2D eigenvalue weighted by molar-refractivity contribution is 7.92. The number of carbonyl (C=O) groups is 2. The van der Waals surface area contributed by atoms with Crippen molar-refractivity contribution >= 4 is 50.7 Å². The van der Waals surface area contributed by atoms with Crippen LogP contribution in [-0.4, -0.2) is 58.1 Å². The van der Waals surface area contributed by atoms with Crippen LogP contribution < -0.4 is 14.4 Å². The lowest BCUT2D eigenvalue weighted by Gasteiger charge is -2.33. The lowest BCUT2D eigenvalue weighted by molar-refractivity contribution is -0.140. The fraction of sp³-hybridized carbons (Fsp3) is 0.364. The summed E-state index contributed by atoms with van der Waals surface area (Å²) >= 11 is 12.6. The largest absolute Gasteiger partial charge is 0.497 e. The summed E-state index contributed by atoms with van der Waals surface area (Å²) in [6, 6.07) is 10.4. The monoisotopic (exact) mass is 515 g/mol. The van der Waals surface area contributed by atoms with Gasteiger partial charge < -0.3 is 15.0 Å². The standard InChI is InChI=1S/C22H27Cl2N3O5S/c1-5-20(22(29)25-2)26(13-17-18(23)10-7-11-19(17)24)21(28)14-27(33(4,30)31)15-8-6-9-16(12-15)32-3/h6-12,20H,5,13-14H2,1-4H3,(H,25,29)/t20-/m0/s1. The fourth-order valence-electron chi connectivity index (χ4n) is 3.32. The highest BCUT2D eigenvalue weighted by Crippen LogP contribution is 2.28. The van der Waals surface area contributed by atoms with E-state index in [0.29, 0.717) is 27.8 Å². The Morgan fingerprint density at radius 3 is 2.24 bits per heavy atom. The summed E-state index contributed by atoms with van der Waals surface area (Å²) in [5.41, 5.74) is 0.720. The molecular formula is C22H27Cl2N3O5S. The van der Waals surface area contributed by atoms with Crippen LogP contribution >= 0.6 is 23.2 Å². The average Bonchev–Trinajstić information content (AvgIpc) is 2.77. The Kier molecular flexibility index (Phi) is 9.39. The third-order valence-electron chi connectivity index (χ3n) is 5.04. The Bertz CT molecular complexity index is 1090. The van der Waals surface area contributed by atoms with E-state index in [1.165, 1.54) is 25.1 Å². The van der Waals surface area contributed by atoms with Gasteiger partial charge in [0.1, 0.15) is 18.3 Å². The Hall–Kier alpha value is -2.49. The van der Waals surface area contributed by atoms with E-state index in [-0.39, 0.29) is 18.1 Å². The number of methoxy groups -OCH3 is 1. The van der Waals surface area contributed by atoms with E-state index < -0.39 is 28.5 Å². The fourth-order valence-corrected chi connectivity index (χ4v) is 4.68. The topological polar surface area (TPSA) is 96.0 Å². The summed E-state index contributed by atoms with van der Waals surface area (Å²) in [6.45, 7) is 1.16. The van der Waals surface area contributed by atoms with E-state index in [9.17, 15) is 18.0 Å². The van der Waals surface area contributed by atoms with Gasteiger partial charge in [0.15, 0.2) is 0 Å². The maximum absolute atomic E-state index is 13.5. The highest BCUT2D eigenvalue weighted by Gasteiger charge is 2.32. The molecule has 0 saturated carbocycles. The summed E-state index contributed by atoms with van der Waals surface area (Å²) in [6.07, 6.45) is 1.30. The zero-order valence-electron chi connectivity index (χ0n) is 18.8. The van der Waals surface area contributed by atoms with Crippen molar-refractivity contribution in [1.29, 1.82) is 0 Å². The molecule has 2 amide bonds. The van der Waals surface area contributed by atoms with Gasteiger partial charge in [-0.2, -0.15) is 0 Å². The van der Waals surface area contributed by atoms with E-state index >= 15 is 0 Å². The number of anilines is 1. The van der Waals surface area contributed by atoms with Crippen LogP contribution in [0.15, 0.2) is 42.5 Å². The molecule has 1 atom stereocenters. The molecule has 2 aromatic rings. The van der Waals surface area contributed by atoms with Crippen molar-refractivity contribution in [1.82, 2.24) is 10.2 Å². The van der Waals surface area contributed by atoms with E-state index in [2.05, 4.69) is 5.32 Å². The van der Waals surface area contributed by atoms with Crippen LogP contribution in [0.25, 0.3) is 0 Å². The molecule has 33 heavy (non-hydrogen) atoms. The Morgan fingerprint density at radius 1 is 1.12 bits per heavy atom. The van der Waals surface area contributed by atoms with Crippen LogP contribution in [0.5, 0.6) is 5.75 Å². The van der Waals surface area contributed by atoms with Crippen molar-refractivity contribution in [3.63, 3.8) is 0 Å². The molecule has 2 aromatic carbocycles. The van der Waals surface area contributed by atoms with Gasteiger partial charge >= 0.3 is 0 Å². The molecule has 2 rings (SSSR count). The number of nitrogens with zero attached hydrogens (tertiary/aromatic N) is 2. The van der Waals surface area contributed by atoms with Crippen LogP contribution in [0, 0.1) is 0 Å². The number of rotatable bonds is 10. The Labute approximate surface area is 204 Å². The minimum absolute atomic E-state index is 0.0705. The van der Waals surface area contributed by atoms with Crippen molar-refractivity contribution in [2.45, 2.75) is 25.9 Å². The number of amides is 2. The van der Waals surface area contributed by atoms with Gasteiger partial charge in [0.25, 0.3) is 0 Å². The number of halogens is 2. The lowest BCUT2D eigenvalue weighted by Crippen LogP contribution is -2.51. The number of benzene rings is 2. The van der Waals surface area contributed by atoms with Crippen molar-refractivity contribution in [3.8, 4) is 5.75 Å². The molecule has 0 aliphatic heterocycles. The first-order valence-electron chi connectivity index (χ1n) is 10.1. The van der Waals surface area contributed by atoms with Crippen molar-refractivity contribution < 1.29 is 22.7 Å². The molecule has 0 fully saturated rings. The quantitative estimate of drug-likeness (QED) is 0.523. The Morgan fingerprint density at radius 2 is 1.73 bits per heavy atom. The van der Waals surface area contributed by atoms with Gasteiger partial charge in [0.2, 0.25) is 21.8 Å². The van der Waals surface area contributed by atoms with Crippen molar-refractivity contribution in [2.75, 3.05) is 31.3 Å². The van der Waals surface area contributed by atoms with Crippen LogP contribution in [0.2, 0.25) is 10.0 Å². The summed E-state index contributed by atoms with van der Waals surface area (Å²) in [5.74, 6) is -0.541. The number of ether oxygens (including phenoxy) is 1. The maximum atomic E-state index is 13.5. The van der Waals surface area contributed by atoms with Gasteiger partial charge in [-0.3, -0.25) is 13.9 Å². The molecule has 180 valence electrons. The minimum atomic E-state index is -3.84. The second-order valence-electron chi connectivity index (χ2n) is 7.23. The molecule has 0 spiro atoms. The normalized spacial score (nSPS) is 12.1. The van der Waals surface area contributed by atoms with Crippen molar-refractivity contribution in [2.24, 2.45) is 0 Å². The molecule has 0 heterocycles. The van der Waals surface area contributed by atoms with E-state index in [4.69, 9.17) is 27.9 Å². The van der Waals surface area contributed by atoms with Crippen LogP contribution in [0.1, 0.15) is 18.9 Å². The molecule has 1 N–H and O–H groups in total. The third-order valence-corrected chi connectivity index (χ3v) is 6.89. The van der Waals surface area contributed by atoms with Crippen LogP contribution in [0.3, 0.4) is 0 Å². The van der Waals surface area contributed by atoms with Gasteiger partial charge in [0, 0.05) is 35.3 Å². The molecule has 0 aromatic heterocycles. The summed E-state index contributed by atoms with van der Waals surface area (Å²) in [7, 11) is -0.916. The number of nitrogens with one attached hydrogen (secondary N) is 1. The second-order valence-corrected chi connectivity index (χ2v) is 9.95. The number of sulfonamides is 1. The number of hydrogen-bond acceptors (Lipinski definition) is 5. The van der Waals surface area contributed by atoms with E-state index in [1.807, 2.05) is 0 Å². The predicted molar refractivity (Wildman–Crippen MR) is 130 cm³/mol. The zero-order valence-corrected chi connectivity index (χ0v) is 21.2. The first-order chi connectivity index (χ1) is 15.5. The van der Waals surface area contributed by atoms with Crippen LogP contribution in [-0.2, 0) is 26.2 Å². The highest BCUT2D eigenvalue weighted by atomic mass is 35.5. The number of hydrogen-bond donors (Lipinski definition) is 1. The molecule has 0 bridgehead atoms. The molecule has 0 saturated heterocycles. The van der Waals surface area contributed by atoms with E-state index in [0.717, 1.165) is 10.6 Å². The van der Waals surface area contributed by atoms with Gasteiger partial charge in [-0.15, -0.1) is 0 Å². The molecule has 0 aliphatic carbocycles. The molecule has 11 heteroatoms. The first-order valence-corrected chi connectivity index (χ1v) is 12.7. The minimum Gasteiger partial charge on any atom is -0.497 e. The molecule has 0 aliphatic rings. The first kappa shape index (κ1) is 26.8. The zero-order chi connectivity index (χ0) is 24.8. The van der Waals surface area contributed by atoms with Gasteiger partial charge in [-0.25, -0.2) is 8.42 Å². The smallest absolute Gasteiger partial charge is 0.244 e. The van der Waals surface area contributed by atoms with E-state index in [1.54, 1.807) is 43.3 Å². The van der Waals surface area contributed by atoms with Gasteiger partial charge in [0.05, 0.1) is 19.1 Å². The Balaban J connectivity index is 2.50. The average molecular weight is 516 g/mol. The summed E-state index contributed by atoms with van der Waals surface area (Å²) in [4.78, 5) is 27.4. The molecule has 8 nitrogen and oxygen atoms in total. The third kappa shape index (κ3) is 6.75. The van der Waals surface area contributed by atoms with Gasteiger partial charge in [-0.1, -0.05) is 42.3 Å². The predicted octanol–water partition coefficient (Wildman–Crippen LogP) is 3.32. The second kappa shape index (κ2) is 11.6. The molecular weight excluding hydrogens is 489 g/mol. The molecule has 0 unspecified atom stereocenters. The van der Waals surface area contributed by atoms with Gasteiger partial charge in [-0.05, 0) is 30.7 Å². The lowest BCUT2D eigenvalue weighted by atomic mass is 10.1. The van der Waals surface area contributed by atoms with Crippen molar-refractivity contribution in [3.05, 3.63) is 58.1 Å². The summed E-state index contributed by atoms with van der Waals surface area (Å²) in [5, 5.41) is 3.22. The van der Waals surface area contributed by atoms with Crippen LogP contribution in [0.4, 0.5) is 5.69 Å². The summed E-state index contributed by atoms with van der Waals surface area (Å²) < 4.78 is 31.3. The maximum Gasteiger partial charge on any atom is 0.244 e.